The quantitative estimate of drug-likeness (QED) is 0.790. The third kappa shape index (κ3) is 2.68. The van der Waals surface area contributed by atoms with Crippen LogP contribution in [0.15, 0.2) is 28.8 Å². The molecule has 0 amide bonds. The molecule has 21 heavy (non-hydrogen) atoms. The Morgan fingerprint density at radius 3 is 2.67 bits per heavy atom. The largest absolute Gasteiger partial charge is 0.465 e. The van der Waals surface area contributed by atoms with Gasteiger partial charge in [-0.15, -0.1) is 0 Å². The van der Waals surface area contributed by atoms with Crippen molar-refractivity contribution in [2.75, 3.05) is 6.61 Å². The number of aromatic nitrogens is 2. The third-order valence-electron chi connectivity index (χ3n) is 3.78. The number of rotatable bonds is 5. The summed E-state index contributed by atoms with van der Waals surface area (Å²) in [7, 11) is 0. The molecule has 0 spiro atoms. The van der Waals surface area contributed by atoms with Crippen LogP contribution in [0.1, 0.15) is 42.6 Å². The van der Waals surface area contributed by atoms with Crippen molar-refractivity contribution in [1.29, 1.82) is 0 Å². The van der Waals surface area contributed by atoms with Crippen LogP contribution in [0.4, 0.5) is 0 Å². The molecule has 0 bridgehead atoms. The van der Waals surface area contributed by atoms with Crippen molar-refractivity contribution in [3.05, 3.63) is 47.1 Å². The second-order valence-electron chi connectivity index (χ2n) is 5.48. The first-order valence-electron chi connectivity index (χ1n) is 7.20. The van der Waals surface area contributed by atoms with Crippen molar-refractivity contribution >= 4 is 5.97 Å². The Kier molecular flexibility index (Phi) is 3.49. The average Bonchev–Trinajstić information content (AvgIpc) is 3.16. The summed E-state index contributed by atoms with van der Waals surface area (Å²) in [4.78, 5) is 16.4. The van der Waals surface area contributed by atoms with Crippen molar-refractivity contribution in [3.8, 4) is 0 Å². The topological polar surface area (TPSA) is 65.2 Å². The van der Waals surface area contributed by atoms with Crippen LogP contribution in [-0.2, 0) is 21.4 Å². The molecular weight excluding hydrogens is 268 g/mol. The number of carbonyl (C=O) groups is 1. The lowest BCUT2D eigenvalue weighted by atomic mass is 10.1. The number of ether oxygens (including phenoxy) is 1. The van der Waals surface area contributed by atoms with Gasteiger partial charge in [-0.2, -0.15) is 4.98 Å². The molecule has 1 heterocycles. The van der Waals surface area contributed by atoms with Gasteiger partial charge >= 0.3 is 5.97 Å². The van der Waals surface area contributed by atoms with Gasteiger partial charge in [0, 0.05) is 6.42 Å². The van der Waals surface area contributed by atoms with Gasteiger partial charge in [-0.05, 0) is 32.3 Å². The Morgan fingerprint density at radius 2 is 2.05 bits per heavy atom. The molecular formula is C16H18N2O3. The second-order valence-corrected chi connectivity index (χ2v) is 5.48. The highest BCUT2D eigenvalue weighted by atomic mass is 16.5. The maximum absolute atomic E-state index is 12.0. The summed E-state index contributed by atoms with van der Waals surface area (Å²) >= 11 is 0. The molecule has 1 aromatic carbocycles. The lowest BCUT2D eigenvalue weighted by Crippen LogP contribution is -2.23. The summed E-state index contributed by atoms with van der Waals surface area (Å²) in [5.74, 6) is 0.739. The van der Waals surface area contributed by atoms with Gasteiger partial charge in [0.15, 0.2) is 5.82 Å². The van der Waals surface area contributed by atoms with Gasteiger partial charge in [0.05, 0.1) is 6.61 Å². The molecule has 0 N–H and O–H groups in total. The molecule has 1 aliphatic rings. The van der Waals surface area contributed by atoms with Crippen molar-refractivity contribution < 1.29 is 14.1 Å². The van der Waals surface area contributed by atoms with Crippen molar-refractivity contribution in [1.82, 2.24) is 10.1 Å². The summed E-state index contributed by atoms with van der Waals surface area (Å²) < 4.78 is 10.4. The summed E-state index contributed by atoms with van der Waals surface area (Å²) in [5, 5.41) is 3.99. The highest BCUT2D eigenvalue weighted by Gasteiger charge is 2.57. The summed E-state index contributed by atoms with van der Waals surface area (Å²) in [6.07, 6.45) is 2.04. The predicted octanol–water partition coefficient (Wildman–Crippen LogP) is 2.56. The van der Waals surface area contributed by atoms with Crippen LogP contribution in [0.25, 0.3) is 0 Å². The van der Waals surface area contributed by atoms with Crippen molar-refractivity contribution in [2.45, 2.75) is 38.5 Å². The van der Waals surface area contributed by atoms with Gasteiger partial charge < -0.3 is 9.26 Å². The summed E-state index contributed by atoms with van der Waals surface area (Å²) in [5.41, 5.74) is 1.65. The highest BCUT2D eigenvalue weighted by molar-refractivity contribution is 5.85. The smallest absolute Gasteiger partial charge is 0.321 e. The Hall–Kier alpha value is -2.17. The molecule has 1 saturated carbocycles. The van der Waals surface area contributed by atoms with Crippen LogP contribution in [0.5, 0.6) is 0 Å². The van der Waals surface area contributed by atoms with Crippen LogP contribution >= 0.6 is 0 Å². The zero-order valence-electron chi connectivity index (χ0n) is 12.3. The van der Waals surface area contributed by atoms with E-state index in [1.165, 1.54) is 5.56 Å². The molecule has 110 valence electrons. The number of carbonyl (C=O) groups excluding carboxylic acids is 1. The molecule has 0 unspecified atom stereocenters. The van der Waals surface area contributed by atoms with Crippen LogP contribution in [0.3, 0.4) is 0 Å². The fourth-order valence-electron chi connectivity index (χ4n) is 2.31. The van der Waals surface area contributed by atoms with E-state index in [-0.39, 0.29) is 5.97 Å². The van der Waals surface area contributed by atoms with E-state index in [4.69, 9.17) is 9.26 Å². The van der Waals surface area contributed by atoms with E-state index >= 15 is 0 Å². The minimum atomic E-state index is -0.686. The molecule has 0 saturated heterocycles. The van der Waals surface area contributed by atoms with E-state index in [0.717, 1.165) is 18.4 Å². The Morgan fingerprint density at radius 1 is 1.33 bits per heavy atom. The highest BCUT2D eigenvalue weighted by Crippen LogP contribution is 2.48. The van der Waals surface area contributed by atoms with E-state index < -0.39 is 5.41 Å². The van der Waals surface area contributed by atoms with Gasteiger partial charge in [-0.1, -0.05) is 35.0 Å². The molecule has 5 nitrogen and oxygen atoms in total. The van der Waals surface area contributed by atoms with Gasteiger partial charge in [-0.25, -0.2) is 0 Å². The molecule has 2 aromatic rings. The van der Waals surface area contributed by atoms with E-state index in [0.29, 0.717) is 24.7 Å². The number of nitrogens with zero attached hydrogens (tertiary/aromatic N) is 2. The zero-order chi connectivity index (χ0) is 14.9. The lowest BCUT2D eigenvalue weighted by Gasteiger charge is -2.08. The number of aryl methyl sites for hydroxylation is 1. The summed E-state index contributed by atoms with van der Waals surface area (Å²) in [6.45, 7) is 4.21. The first-order chi connectivity index (χ1) is 10.1. The SMILES string of the molecule is CCOC(=O)C1(c2nc(Cc3ccc(C)cc3)no2)CC1. The Bertz CT molecular complexity index is 642. The second kappa shape index (κ2) is 5.31. The Balaban J connectivity index is 1.75. The van der Waals surface area contributed by atoms with Crippen LogP contribution in [0.2, 0.25) is 0 Å². The van der Waals surface area contributed by atoms with E-state index in [2.05, 4.69) is 22.3 Å². The van der Waals surface area contributed by atoms with Gasteiger partial charge in [0.25, 0.3) is 0 Å². The predicted molar refractivity (Wildman–Crippen MR) is 75.8 cm³/mol. The van der Waals surface area contributed by atoms with E-state index in [1.54, 1.807) is 6.92 Å². The average molecular weight is 286 g/mol. The number of hydrogen-bond donors (Lipinski definition) is 0. The standard InChI is InChI=1S/C16H18N2O3/c1-3-20-15(19)16(8-9-16)14-17-13(18-21-14)10-12-6-4-11(2)5-7-12/h4-7H,3,8-10H2,1-2H3. The maximum atomic E-state index is 12.0. The first-order valence-corrected chi connectivity index (χ1v) is 7.20. The van der Waals surface area contributed by atoms with E-state index in [9.17, 15) is 4.79 Å². The third-order valence-corrected chi connectivity index (χ3v) is 3.78. The van der Waals surface area contributed by atoms with Crippen LogP contribution < -0.4 is 0 Å². The molecule has 0 radical (unpaired) electrons. The minimum absolute atomic E-state index is 0.254. The van der Waals surface area contributed by atoms with Crippen LogP contribution in [0, 0.1) is 6.92 Å². The van der Waals surface area contributed by atoms with Gasteiger partial charge in [0.1, 0.15) is 5.41 Å². The molecule has 3 rings (SSSR count). The fraction of sp³-hybridized carbons (Fsp3) is 0.438. The molecule has 1 aliphatic carbocycles. The number of hydrogen-bond acceptors (Lipinski definition) is 5. The minimum Gasteiger partial charge on any atom is -0.465 e. The fourth-order valence-corrected chi connectivity index (χ4v) is 2.31. The summed E-state index contributed by atoms with van der Waals surface area (Å²) in [6, 6.07) is 8.20. The Labute approximate surface area is 123 Å². The van der Waals surface area contributed by atoms with Crippen molar-refractivity contribution in [2.24, 2.45) is 0 Å². The van der Waals surface area contributed by atoms with Crippen molar-refractivity contribution in [3.63, 3.8) is 0 Å². The monoisotopic (exact) mass is 286 g/mol. The molecule has 0 aliphatic heterocycles. The lowest BCUT2D eigenvalue weighted by molar-refractivity contribution is -0.146. The van der Waals surface area contributed by atoms with Gasteiger partial charge in [-0.3, -0.25) is 4.79 Å². The molecule has 0 atom stereocenters. The number of benzene rings is 1. The maximum Gasteiger partial charge on any atom is 0.321 e. The van der Waals surface area contributed by atoms with Crippen LogP contribution in [-0.4, -0.2) is 22.7 Å². The normalized spacial score (nSPS) is 15.7. The van der Waals surface area contributed by atoms with Gasteiger partial charge in [0.2, 0.25) is 5.89 Å². The molecule has 5 heteroatoms. The molecule has 1 fully saturated rings. The molecule has 1 aromatic heterocycles. The van der Waals surface area contributed by atoms with E-state index in [1.807, 2.05) is 19.1 Å². The zero-order valence-corrected chi connectivity index (χ0v) is 12.3. The number of esters is 1. The first kappa shape index (κ1) is 13.8.